The van der Waals surface area contributed by atoms with Crippen LogP contribution in [0.5, 0.6) is 0 Å². The molecule has 0 bridgehead atoms. The van der Waals surface area contributed by atoms with Crippen LogP contribution in [0.2, 0.25) is 5.02 Å². The van der Waals surface area contributed by atoms with Crippen LogP contribution >= 0.6 is 11.6 Å². The Morgan fingerprint density at radius 3 is 2.12 bits per heavy atom. The van der Waals surface area contributed by atoms with Gasteiger partial charge >= 0.3 is 0 Å². The molecule has 0 aliphatic carbocycles. The number of halogens is 1. The second kappa shape index (κ2) is 11.5. The minimum atomic E-state index is -0.588. The zero-order valence-electron chi connectivity index (χ0n) is 19.4. The van der Waals surface area contributed by atoms with Gasteiger partial charge < -0.3 is 16.0 Å². The lowest BCUT2D eigenvalue weighted by molar-refractivity contribution is -0.124. The standard InChI is InChI=1S/C27H28ClN3O3/c1-17-13-18(2)26(19(3)14-17)31-25(33)16-29-24(32)15-23(20-9-5-4-6-10-20)30-27(34)21-11-7-8-12-22(21)28/h4-14,23H,15-16H2,1-3H3,(H,29,32)(H,30,34)(H,31,33). The molecule has 0 heterocycles. The number of benzene rings is 3. The molecule has 3 aromatic carbocycles. The predicted molar refractivity (Wildman–Crippen MR) is 135 cm³/mol. The normalized spacial score (nSPS) is 11.4. The van der Waals surface area contributed by atoms with Gasteiger partial charge in [0, 0.05) is 5.69 Å². The summed E-state index contributed by atoms with van der Waals surface area (Å²) in [5, 5.41) is 8.73. The third kappa shape index (κ3) is 6.68. The summed E-state index contributed by atoms with van der Waals surface area (Å²) in [4.78, 5) is 37.9. The third-order valence-corrected chi connectivity index (χ3v) is 5.73. The highest BCUT2D eigenvalue weighted by Gasteiger charge is 2.21. The van der Waals surface area contributed by atoms with Crippen LogP contribution in [0.3, 0.4) is 0 Å². The first-order chi connectivity index (χ1) is 16.2. The van der Waals surface area contributed by atoms with Gasteiger partial charge in [0.2, 0.25) is 11.8 Å². The number of hydrogen-bond acceptors (Lipinski definition) is 3. The van der Waals surface area contributed by atoms with Crippen LogP contribution in [0.15, 0.2) is 66.7 Å². The van der Waals surface area contributed by atoms with Gasteiger partial charge in [-0.3, -0.25) is 14.4 Å². The SMILES string of the molecule is Cc1cc(C)c(NC(=O)CNC(=O)CC(NC(=O)c2ccccc2Cl)c2ccccc2)c(C)c1. The Labute approximate surface area is 204 Å². The first-order valence-corrected chi connectivity index (χ1v) is 11.4. The molecular formula is C27H28ClN3O3. The first kappa shape index (κ1) is 25.0. The van der Waals surface area contributed by atoms with Crippen molar-refractivity contribution in [2.75, 3.05) is 11.9 Å². The van der Waals surface area contributed by atoms with Gasteiger partial charge in [0.1, 0.15) is 0 Å². The van der Waals surface area contributed by atoms with E-state index in [1.165, 1.54) is 0 Å². The van der Waals surface area contributed by atoms with Crippen molar-refractivity contribution in [2.24, 2.45) is 0 Å². The summed E-state index contributed by atoms with van der Waals surface area (Å²) in [5.74, 6) is -1.06. The molecule has 3 aromatic rings. The van der Waals surface area contributed by atoms with E-state index < -0.39 is 6.04 Å². The zero-order valence-corrected chi connectivity index (χ0v) is 20.2. The Morgan fingerprint density at radius 2 is 1.47 bits per heavy atom. The van der Waals surface area contributed by atoms with Gasteiger partial charge in [0.05, 0.1) is 29.6 Å². The van der Waals surface area contributed by atoms with E-state index in [0.717, 1.165) is 27.9 Å². The molecule has 0 radical (unpaired) electrons. The lowest BCUT2D eigenvalue weighted by Crippen LogP contribution is -2.37. The minimum Gasteiger partial charge on any atom is -0.347 e. The highest BCUT2D eigenvalue weighted by atomic mass is 35.5. The second-order valence-corrected chi connectivity index (χ2v) is 8.63. The molecule has 7 heteroatoms. The lowest BCUT2D eigenvalue weighted by atomic mass is 10.0. The van der Waals surface area contributed by atoms with Crippen molar-refractivity contribution in [2.45, 2.75) is 33.2 Å². The molecule has 0 aliphatic rings. The molecule has 0 fully saturated rings. The molecular weight excluding hydrogens is 450 g/mol. The van der Waals surface area contributed by atoms with Crippen LogP contribution in [0.25, 0.3) is 0 Å². The minimum absolute atomic E-state index is 0.0317. The van der Waals surface area contributed by atoms with Gasteiger partial charge in [0.15, 0.2) is 0 Å². The van der Waals surface area contributed by atoms with Crippen LogP contribution in [-0.4, -0.2) is 24.3 Å². The summed E-state index contributed by atoms with van der Waals surface area (Å²) >= 11 is 6.15. The Hall–Kier alpha value is -3.64. The predicted octanol–water partition coefficient (Wildman–Crippen LogP) is 4.88. The average Bonchev–Trinajstić information content (AvgIpc) is 2.80. The molecule has 3 rings (SSSR count). The molecule has 3 N–H and O–H groups in total. The molecule has 0 aliphatic heterocycles. The number of rotatable bonds is 8. The molecule has 0 saturated heterocycles. The van der Waals surface area contributed by atoms with Crippen LogP contribution in [-0.2, 0) is 9.59 Å². The fourth-order valence-corrected chi connectivity index (χ4v) is 4.04. The number of nitrogens with one attached hydrogen (secondary N) is 3. The molecule has 0 spiro atoms. The van der Waals surface area contributed by atoms with E-state index in [1.807, 2.05) is 63.2 Å². The van der Waals surface area contributed by atoms with Crippen LogP contribution in [0.1, 0.15) is 45.1 Å². The molecule has 6 nitrogen and oxygen atoms in total. The van der Waals surface area contributed by atoms with Crippen molar-refractivity contribution in [1.29, 1.82) is 0 Å². The Morgan fingerprint density at radius 1 is 0.853 bits per heavy atom. The number of carbonyl (C=O) groups is 3. The highest BCUT2D eigenvalue weighted by molar-refractivity contribution is 6.33. The fourth-order valence-electron chi connectivity index (χ4n) is 3.82. The smallest absolute Gasteiger partial charge is 0.253 e. The largest absolute Gasteiger partial charge is 0.347 e. The number of anilines is 1. The number of aryl methyl sites for hydroxylation is 3. The van der Waals surface area contributed by atoms with E-state index in [-0.39, 0.29) is 30.7 Å². The van der Waals surface area contributed by atoms with Crippen molar-refractivity contribution >= 4 is 35.0 Å². The number of carbonyl (C=O) groups excluding carboxylic acids is 3. The average molecular weight is 478 g/mol. The van der Waals surface area contributed by atoms with Gasteiger partial charge in [0.25, 0.3) is 5.91 Å². The molecule has 1 atom stereocenters. The Balaban J connectivity index is 1.64. The summed E-state index contributed by atoms with van der Waals surface area (Å²) in [6, 6.07) is 19.3. The fraction of sp³-hybridized carbons (Fsp3) is 0.222. The van der Waals surface area contributed by atoms with Crippen molar-refractivity contribution < 1.29 is 14.4 Å². The van der Waals surface area contributed by atoms with Gasteiger partial charge in [-0.1, -0.05) is 71.8 Å². The molecule has 1 unspecified atom stereocenters. The van der Waals surface area contributed by atoms with Crippen molar-refractivity contribution in [3.63, 3.8) is 0 Å². The molecule has 176 valence electrons. The van der Waals surface area contributed by atoms with Crippen molar-refractivity contribution in [3.05, 3.63) is 99.6 Å². The number of amides is 3. The molecule has 34 heavy (non-hydrogen) atoms. The third-order valence-electron chi connectivity index (χ3n) is 5.40. The summed E-state index contributed by atoms with van der Waals surface area (Å²) in [5.41, 5.74) is 4.89. The summed E-state index contributed by atoms with van der Waals surface area (Å²) in [6.07, 6.45) is -0.0317. The quantitative estimate of drug-likeness (QED) is 0.432. The number of hydrogen-bond donors (Lipinski definition) is 3. The second-order valence-electron chi connectivity index (χ2n) is 8.22. The monoisotopic (exact) mass is 477 g/mol. The van der Waals surface area contributed by atoms with Crippen LogP contribution in [0.4, 0.5) is 5.69 Å². The summed E-state index contributed by atoms with van der Waals surface area (Å²) in [6.45, 7) is 5.69. The molecule has 3 amide bonds. The highest BCUT2D eigenvalue weighted by Crippen LogP contribution is 2.22. The van der Waals surface area contributed by atoms with Gasteiger partial charge in [-0.25, -0.2) is 0 Å². The summed E-state index contributed by atoms with van der Waals surface area (Å²) < 4.78 is 0. The maximum atomic E-state index is 12.8. The lowest BCUT2D eigenvalue weighted by Gasteiger charge is -2.19. The van der Waals surface area contributed by atoms with Gasteiger partial charge in [-0.05, 0) is 49.6 Å². The van der Waals surface area contributed by atoms with Crippen LogP contribution in [0, 0.1) is 20.8 Å². The van der Waals surface area contributed by atoms with E-state index in [9.17, 15) is 14.4 Å². The molecule has 0 saturated carbocycles. The molecule has 0 aromatic heterocycles. The van der Waals surface area contributed by atoms with E-state index in [4.69, 9.17) is 11.6 Å². The van der Waals surface area contributed by atoms with Crippen molar-refractivity contribution in [3.8, 4) is 0 Å². The van der Waals surface area contributed by atoms with E-state index in [0.29, 0.717) is 10.6 Å². The van der Waals surface area contributed by atoms with Gasteiger partial charge in [-0.15, -0.1) is 0 Å². The maximum absolute atomic E-state index is 12.8. The topological polar surface area (TPSA) is 87.3 Å². The summed E-state index contributed by atoms with van der Waals surface area (Å²) in [7, 11) is 0. The van der Waals surface area contributed by atoms with E-state index in [1.54, 1.807) is 24.3 Å². The first-order valence-electron chi connectivity index (χ1n) is 11.0. The Bertz CT molecular complexity index is 1170. The maximum Gasteiger partial charge on any atom is 0.253 e. The van der Waals surface area contributed by atoms with Gasteiger partial charge in [-0.2, -0.15) is 0 Å². The van der Waals surface area contributed by atoms with Crippen molar-refractivity contribution in [1.82, 2.24) is 10.6 Å². The Kier molecular flexibility index (Phi) is 8.44. The van der Waals surface area contributed by atoms with E-state index >= 15 is 0 Å². The van der Waals surface area contributed by atoms with Crippen LogP contribution < -0.4 is 16.0 Å². The van der Waals surface area contributed by atoms with E-state index in [2.05, 4.69) is 16.0 Å². The zero-order chi connectivity index (χ0) is 24.7.